The predicted molar refractivity (Wildman–Crippen MR) is 74.1 cm³/mol. The fraction of sp³-hybridized carbons (Fsp3) is 0.500. The first-order valence-electron chi connectivity index (χ1n) is 6.49. The highest BCUT2D eigenvalue weighted by Crippen LogP contribution is 2.35. The largest absolute Gasteiger partial charge is 0.459 e. The molecule has 3 rings (SSSR count). The Labute approximate surface area is 111 Å². The normalized spacial score (nSPS) is 20.2. The van der Waals surface area contributed by atoms with Gasteiger partial charge in [0.25, 0.3) is 0 Å². The van der Waals surface area contributed by atoms with Gasteiger partial charge in [-0.2, -0.15) is 0 Å². The van der Waals surface area contributed by atoms with Crippen molar-refractivity contribution in [1.82, 2.24) is 10.3 Å². The van der Waals surface area contributed by atoms with E-state index in [0.29, 0.717) is 5.92 Å². The summed E-state index contributed by atoms with van der Waals surface area (Å²) in [6.07, 6.45) is 2.53. The second-order valence-corrected chi connectivity index (χ2v) is 5.95. The fourth-order valence-corrected chi connectivity index (χ4v) is 3.68. The molecule has 18 heavy (non-hydrogen) atoms. The van der Waals surface area contributed by atoms with Crippen molar-refractivity contribution in [2.24, 2.45) is 0 Å². The molecule has 0 aliphatic carbocycles. The Balaban J connectivity index is 1.90. The summed E-state index contributed by atoms with van der Waals surface area (Å²) in [5.41, 5.74) is 1.16. The summed E-state index contributed by atoms with van der Waals surface area (Å²) in [6.45, 7) is 6.31. The van der Waals surface area contributed by atoms with Crippen molar-refractivity contribution < 1.29 is 4.42 Å². The number of thiazole rings is 1. The zero-order valence-electron chi connectivity index (χ0n) is 10.8. The molecule has 4 heteroatoms. The fourth-order valence-electron chi connectivity index (χ4n) is 2.52. The van der Waals surface area contributed by atoms with Gasteiger partial charge in [0.15, 0.2) is 10.8 Å². The van der Waals surface area contributed by atoms with E-state index in [4.69, 9.17) is 4.42 Å². The molecule has 1 unspecified atom stereocenters. The van der Waals surface area contributed by atoms with E-state index in [0.717, 1.165) is 35.3 Å². The molecule has 0 spiro atoms. The third-order valence-electron chi connectivity index (χ3n) is 3.45. The number of aryl methyl sites for hydroxylation is 2. The van der Waals surface area contributed by atoms with Gasteiger partial charge in [-0.05, 0) is 45.4 Å². The topological polar surface area (TPSA) is 38.1 Å². The molecule has 1 aliphatic heterocycles. The zero-order chi connectivity index (χ0) is 12.5. The molecule has 2 aromatic rings. The van der Waals surface area contributed by atoms with E-state index in [1.165, 1.54) is 17.7 Å². The van der Waals surface area contributed by atoms with E-state index in [1.54, 1.807) is 11.3 Å². The molecule has 96 valence electrons. The number of rotatable bonds is 2. The molecule has 0 saturated carbocycles. The van der Waals surface area contributed by atoms with Crippen molar-refractivity contribution in [3.8, 4) is 10.8 Å². The molecule has 0 aromatic carbocycles. The molecule has 3 nitrogen and oxygen atoms in total. The highest BCUT2D eigenvalue weighted by molar-refractivity contribution is 7.15. The molecule has 3 heterocycles. The van der Waals surface area contributed by atoms with Gasteiger partial charge in [-0.15, -0.1) is 11.3 Å². The van der Waals surface area contributed by atoms with E-state index in [1.807, 2.05) is 19.1 Å². The molecule has 1 saturated heterocycles. The number of nitrogens with one attached hydrogen (secondary N) is 1. The van der Waals surface area contributed by atoms with Crippen molar-refractivity contribution in [2.75, 3.05) is 13.1 Å². The second-order valence-electron chi connectivity index (χ2n) is 4.92. The van der Waals surface area contributed by atoms with Crippen LogP contribution in [0.4, 0.5) is 0 Å². The van der Waals surface area contributed by atoms with Gasteiger partial charge in [-0.3, -0.25) is 0 Å². The van der Waals surface area contributed by atoms with Crippen LogP contribution in [0.15, 0.2) is 16.5 Å². The van der Waals surface area contributed by atoms with Crippen LogP contribution < -0.4 is 5.32 Å². The summed E-state index contributed by atoms with van der Waals surface area (Å²) in [4.78, 5) is 6.09. The van der Waals surface area contributed by atoms with Gasteiger partial charge in [0, 0.05) is 17.3 Å². The van der Waals surface area contributed by atoms with Crippen LogP contribution in [0.1, 0.15) is 35.1 Å². The minimum Gasteiger partial charge on any atom is -0.459 e. The highest BCUT2D eigenvalue weighted by Gasteiger charge is 2.21. The molecular weight excluding hydrogens is 244 g/mol. The predicted octanol–water partition coefficient (Wildman–Crippen LogP) is 3.49. The quantitative estimate of drug-likeness (QED) is 0.900. The number of nitrogens with zero attached hydrogens (tertiary/aromatic N) is 1. The number of hydrogen-bond acceptors (Lipinski definition) is 4. The first kappa shape index (κ1) is 11.9. The van der Waals surface area contributed by atoms with Gasteiger partial charge < -0.3 is 9.73 Å². The first-order chi connectivity index (χ1) is 8.74. The summed E-state index contributed by atoms with van der Waals surface area (Å²) >= 11 is 1.79. The maximum absolute atomic E-state index is 5.66. The smallest absolute Gasteiger partial charge is 0.162 e. The van der Waals surface area contributed by atoms with E-state index in [-0.39, 0.29) is 0 Å². The Kier molecular flexibility index (Phi) is 3.22. The van der Waals surface area contributed by atoms with E-state index in [2.05, 4.69) is 17.2 Å². The Morgan fingerprint density at radius 2 is 2.28 bits per heavy atom. The van der Waals surface area contributed by atoms with Crippen LogP contribution in [0.5, 0.6) is 0 Å². The third kappa shape index (κ3) is 2.22. The summed E-state index contributed by atoms with van der Waals surface area (Å²) in [5.74, 6) is 2.47. The van der Waals surface area contributed by atoms with Crippen molar-refractivity contribution in [2.45, 2.75) is 32.6 Å². The molecule has 1 aliphatic rings. The molecule has 1 N–H and O–H groups in total. The first-order valence-corrected chi connectivity index (χ1v) is 7.30. The lowest BCUT2D eigenvalue weighted by Crippen LogP contribution is -2.28. The summed E-state index contributed by atoms with van der Waals surface area (Å²) < 4.78 is 5.66. The third-order valence-corrected chi connectivity index (χ3v) is 4.79. The van der Waals surface area contributed by atoms with Crippen molar-refractivity contribution >= 4 is 11.3 Å². The molecule has 0 radical (unpaired) electrons. The molecule has 1 atom stereocenters. The zero-order valence-corrected chi connectivity index (χ0v) is 11.6. The summed E-state index contributed by atoms with van der Waals surface area (Å²) in [6, 6.07) is 4.00. The number of furan rings is 1. The Morgan fingerprint density at radius 1 is 1.39 bits per heavy atom. The average molecular weight is 262 g/mol. The average Bonchev–Trinajstić information content (AvgIpc) is 2.97. The monoisotopic (exact) mass is 262 g/mol. The minimum atomic E-state index is 0.626. The number of piperidine rings is 1. The lowest BCUT2D eigenvalue weighted by Gasteiger charge is -2.21. The van der Waals surface area contributed by atoms with Gasteiger partial charge in [0.05, 0.1) is 5.69 Å². The standard InChI is InChI=1S/C14H18N2OS/c1-9-5-6-12(17-9)14-16-10(2)13(18-14)11-4-3-7-15-8-11/h5-6,11,15H,3-4,7-8H2,1-2H3. The number of aromatic nitrogens is 1. The van der Waals surface area contributed by atoms with Gasteiger partial charge in [-0.1, -0.05) is 0 Å². The Hall–Kier alpha value is -1.13. The van der Waals surface area contributed by atoms with Crippen LogP contribution >= 0.6 is 11.3 Å². The molecule has 2 aromatic heterocycles. The summed E-state index contributed by atoms with van der Waals surface area (Å²) in [7, 11) is 0. The lowest BCUT2D eigenvalue weighted by molar-refractivity contribution is 0.464. The molecule has 0 bridgehead atoms. The SMILES string of the molecule is Cc1ccc(-c2nc(C)c(C3CCCNC3)s2)o1. The minimum absolute atomic E-state index is 0.626. The van der Waals surface area contributed by atoms with Crippen LogP contribution in [-0.4, -0.2) is 18.1 Å². The van der Waals surface area contributed by atoms with Crippen LogP contribution in [-0.2, 0) is 0 Å². The maximum atomic E-state index is 5.66. The molecular formula is C14H18N2OS. The van der Waals surface area contributed by atoms with Crippen molar-refractivity contribution in [1.29, 1.82) is 0 Å². The van der Waals surface area contributed by atoms with Crippen LogP contribution in [0.25, 0.3) is 10.8 Å². The van der Waals surface area contributed by atoms with Gasteiger partial charge in [0.1, 0.15) is 5.76 Å². The van der Waals surface area contributed by atoms with E-state index < -0.39 is 0 Å². The van der Waals surface area contributed by atoms with E-state index in [9.17, 15) is 0 Å². The van der Waals surface area contributed by atoms with Crippen molar-refractivity contribution in [3.63, 3.8) is 0 Å². The van der Waals surface area contributed by atoms with Crippen LogP contribution in [0.3, 0.4) is 0 Å². The lowest BCUT2D eigenvalue weighted by atomic mass is 9.97. The van der Waals surface area contributed by atoms with Crippen LogP contribution in [0, 0.1) is 13.8 Å². The van der Waals surface area contributed by atoms with E-state index >= 15 is 0 Å². The van der Waals surface area contributed by atoms with Crippen LogP contribution in [0.2, 0.25) is 0 Å². The molecule has 0 amide bonds. The van der Waals surface area contributed by atoms with Crippen molar-refractivity contribution in [3.05, 3.63) is 28.5 Å². The Bertz CT molecular complexity index is 538. The highest BCUT2D eigenvalue weighted by atomic mass is 32.1. The molecule has 1 fully saturated rings. The van der Waals surface area contributed by atoms with Gasteiger partial charge in [-0.25, -0.2) is 4.98 Å². The van der Waals surface area contributed by atoms with Gasteiger partial charge >= 0.3 is 0 Å². The summed E-state index contributed by atoms with van der Waals surface area (Å²) in [5, 5.41) is 4.48. The van der Waals surface area contributed by atoms with Gasteiger partial charge in [0.2, 0.25) is 0 Å². The Morgan fingerprint density at radius 3 is 2.94 bits per heavy atom. The second kappa shape index (κ2) is 4.86. The number of hydrogen-bond donors (Lipinski definition) is 1. The maximum Gasteiger partial charge on any atom is 0.162 e.